The molecule has 0 aromatic heterocycles. The Balaban J connectivity index is 2.09. The fraction of sp³-hybridized carbons (Fsp3) is 0.533. The first-order chi connectivity index (χ1) is 9.44. The predicted octanol–water partition coefficient (Wildman–Crippen LogP) is 3.34. The van der Waals surface area contributed by atoms with E-state index < -0.39 is 0 Å². The van der Waals surface area contributed by atoms with Gasteiger partial charge in [0.1, 0.15) is 0 Å². The maximum atomic E-state index is 12.6. The molecular formula is C15H20Cl2N2O. The Morgan fingerprint density at radius 1 is 1.45 bits per heavy atom. The van der Waals surface area contributed by atoms with Crippen LogP contribution in [0, 0.1) is 5.41 Å². The van der Waals surface area contributed by atoms with E-state index in [1.165, 1.54) is 0 Å². The van der Waals surface area contributed by atoms with Gasteiger partial charge < -0.3 is 10.2 Å². The quantitative estimate of drug-likeness (QED) is 0.928. The molecule has 5 heteroatoms. The number of carbonyl (C=O) groups excluding carboxylic acids is 1. The smallest absolute Gasteiger partial charge is 0.229 e. The normalized spacial score (nSPS) is 22.6. The van der Waals surface area contributed by atoms with E-state index >= 15 is 0 Å². The van der Waals surface area contributed by atoms with Gasteiger partial charge in [0.15, 0.2) is 0 Å². The fourth-order valence-corrected chi connectivity index (χ4v) is 3.08. The molecular weight excluding hydrogens is 295 g/mol. The van der Waals surface area contributed by atoms with E-state index in [2.05, 4.69) is 5.32 Å². The molecule has 1 aromatic carbocycles. The van der Waals surface area contributed by atoms with Crippen molar-refractivity contribution in [3.8, 4) is 0 Å². The highest BCUT2D eigenvalue weighted by Crippen LogP contribution is 2.30. The van der Waals surface area contributed by atoms with E-state index in [1.807, 2.05) is 26.1 Å². The van der Waals surface area contributed by atoms with Crippen molar-refractivity contribution >= 4 is 29.1 Å². The standard InChI is InChI=1S/C15H20Cl2N2O/c1-15(7-4-8-18-10-15)14(20)19(2)9-11-5-3-6-12(16)13(11)17/h3,5-6,18H,4,7-10H2,1-2H3. The van der Waals surface area contributed by atoms with Gasteiger partial charge >= 0.3 is 0 Å². The average molecular weight is 315 g/mol. The SMILES string of the molecule is CN(Cc1cccc(Cl)c1Cl)C(=O)C1(C)CCCNC1. The first-order valence-electron chi connectivity index (χ1n) is 6.83. The zero-order valence-electron chi connectivity index (χ0n) is 11.9. The van der Waals surface area contributed by atoms with Gasteiger partial charge in [0.2, 0.25) is 5.91 Å². The van der Waals surface area contributed by atoms with E-state index in [0.717, 1.165) is 31.5 Å². The van der Waals surface area contributed by atoms with Gasteiger partial charge in [-0.2, -0.15) is 0 Å². The first kappa shape index (κ1) is 15.6. The molecule has 20 heavy (non-hydrogen) atoms. The van der Waals surface area contributed by atoms with Crippen molar-refractivity contribution in [3.05, 3.63) is 33.8 Å². The van der Waals surface area contributed by atoms with Gasteiger partial charge in [-0.15, -0.1) is 0 Å². The van der Waals surface area contributed by atoms with Gasteiger partial charge in [-0.05, 0) is 37.9 Å². The lowest BCUT2D eigenvalue weighted by Gasteiger charge is -2.36. The number of carbonyl (C=O) groups is 1. The van der Waals surface area contributed by atoms with Crippen molar-refractivity contribution in [2.45, 2.75) is 26.3 Å². The van der Waals surface area contributed by atoms with Crippen LogP contribution in [0.15, 0.2) is 18.2 Å². The molecule has 110 valence electrons. The second-order valence-electron chi connectivity index (χ2n) is 5.72. The summed E-state index contributed by atoms with van der Waals surface area (Å²) in [4.78, 5) is 14.4. The summed E-state index contributed by atoms with van der Waals surface area (Å²) in [5.74, 6) is 0.153. The zero-order chi connectivity index (χ0) is 14.8. The molecule has 1 unspecified atom stereocenters. The first-order valence-corrected chi connectivity index (χ1v) is 7.59. The van der Waals surface area contributed by atoms with Crippen LogP contribution >= 0.6 is 23.2 Å². The van der Waals surface area contributed by atoms with Gasteiger partial charge in [0.25, 0.3) is 0 Å². The number of rotatable bonds is 3. The summed E-state index contributed by atoms with van der Waals surface area (Å²) in [6.45, 7) is 4.23. The summed E-state index contributed by atoms with van der Waals surface area (Å²) >= 11 is 12.2. The number of amides is 1. The molecule has 1 aliphatic rings. The summed E-state index contributed by atoms with van der Waals surface area (Å²) in [7, 11) is 1.82. The Morgan fingerprint density at radius 2 is 2.20 bits per heavy atom. The van der Waals surface area contributed by atoms with Crippen LogP contribution in [-0.2, 0) is 11.3 Å². The maximum Gasteiger partial charge on any atom is 0.229 e. The molecule has 0 bridgehead atoms. The number of nitrogens with zero attached hydrogens (tertiary/aromatic N) is 1. The minimum absolute atomic E-state index is 0.153. The molecule has 1 saturated heterocycles. The summed E-state index contributed by atoms with van der Waals surface area (Å²) in [6.07, 6.45) is 1.96. The van der Waals surface area contributed by atoms with Crippen LogP contribution in [0.4, 0.5) is 0 Å². The summed E-state index contributed by atoms with van der Waals surface area (Å²) in [5.41, 5.74) is 0.556. The second-order valence-corrected chi connectivity index (χ2v) is 6.50. The van der Waals surface area contributed by atoms with Crippen LogP contribution in [-0.4, -0.2) is 30.9 Å². The Morgan fingerprint density at radius 3 is 2.85 bits per heavy atom. The molecule has 1 aliphatic heterocycles. The van der Waals surface area contributed by atoms with Crippen molar-refractivity contribution in [2.75, 3.05) is 20.1 Å². The van der Waals surface area contributed by atoms with E-state index in [0.29, 0.717) is 16.6 Å². The molecule has 0 aliphatic carbocycles. The number of hydrogen-bond donors (Lipinski definition) is 1. The number of piperidine rings is 1. The third kappa shape index (κ3) is 3.27. The Hall–Kier alpha value is -0.770. The molecule has 0 saturated carbocycles. The third-order valence-electron chi connectivity index (χ3n) is 3.90. The Kier molecular flexibility index (Phi) is 4.95. The van der Waals surface area contributed by atoms with E-state index in [1.54, 1.807) is 11.0 Å². The van der Waals surface area contributed by atoms with Gasteiger partial charge in [-0.3, -0.25) is 4.79 Å². The van der Waals surface area contributed by atoms with Gasteiger partial charge in [0, 0.05) is 20.1 Å². The van der Waals surface area contributed by atoms with Gasteiger partial charge in [0.05, 0.1) is 15.5 Å². The summed E-state index contributed by atoms with van der Waals surface area (Å²) in [5, 5.41) is 4.35. The van der Waals surface area contributed by atoms with Gasteiger partial charge in [-0.25, -0.2) is 0 Å². The number of halogens is 2. The third-order valence-corrected chi connectivity index (χ3v) is 4.76. The van der Waals surface area contributed by atoms with Crippen LogP contribution in [0.1, 0.15) is 25.3 Å². The molecule has 1 heterocycles. The molecule has 1 fully saturated rings. The summed E-state index contributed by atoms with van der Waals surface area (Å²) in [6, 6.07) is 5.51. The molecule has 1 aromatic rings. The summed E-state index contributed by atoms with van der Waals surface area (Å²) < 4.78 is 0. The average Bonchev–Trinajstić information content (AvgIpc) is 2.44. The van der Waals surface area contributed by atoms with Crippen LogP contribution in [0.2, 0.25) is 10.0 Å². The van der Waals surface area contributed by atoms with Gasteiger partial charge in [-0.1, -0.05) is 35.3 Å². The zero-order valence-corrected chi connectivity index (χ0v) is 13.4. The molecule has 0 spiro atoms. The largest absolute Gasteiger partial charge is 0.341 e. The van der Waals surface area contributed by atoms with Crippen molar-refractivity contribution in [1.29, 1.82) is 0 Å². The molecule has 0 radical (unpaired) electrons. The molecule has 1 N–H and O–H groups in total. The number of hydrogen-bond acceptors (Lipinski definition) is 2. The fourth-order valence-electron chi connectivity index (χ4n) is 2.70. The number of nitrogens with one attached hydrogen (secondary N) is 1. The predicted molar refractivity (Wildman–Crippen MR) is 83.1 cm³/mol. The second kappa shape index (κ2) is 6.33. The minimum atomic E-state index is -0.321. The molecule has 1 amide bonds. The number of benzene rings is 1. The van der Waals surface area contributed by atoms with Crippen LogP contribution in [0.5, 0.6) is 0 Å². The van der Waals surface area contributed by atoms with E-state index in [-0.39, 0.29) is 11.3 Å². The monoisotopic (exact) mass is 314 g/mol. The topological polar surface area (TPSA) is 32.3 Å². The highest BCUT2D eigenvalue weighted by Gasteiger charge is 2.36. The van der Waals surface area contributed by atoms with Crippen molar-refractivity contribution < 1.29 is 4.79 Å². The van der Waals surface area contributed by atoms with E-state index in [4.69, 9.17) is 23.2 Å². The Bertz CT molecular complexity index is 499. The van der Waals surface area contributed by atoms with Crippen LogP contribution in [0.25, 0.3) is 0 Å². The minimum Gasteiger partial charge on any atom is -0.341 e. The van der Waals surface area contributed by atoms with Crippen molar-refractivity contribution in [3.63, 3.8) is 0 Å². The van der Waals surface area contributed by atoms with Crippen molar-refractivity contribution in [2.24, 2.45) is 5.41 Å². The van der Waals surface area contributed by atoms with E-state index in [9.17, 15) is 4.79 Å². The highest BCUT2D eigenvalue weighted by atomic mass is 35.5. The molecule has 2 rings (SSSR count). The van der Waals surface area contributed by atoms with Crippen molar-refractivity contribution in [1.82, 2.24) is 10.2 Å². The maximum absolute atomic E-state index is 12.6. The van der Waals surface area contributed by atoms with Crippen LogP contribution < -0.4 is 5.32 Å². The Labute approximate surface area is 130 Å². The lowest BCUT2D eigenvalue weighted by atomic mass is 9.81. The van der Waals surface area contributed by atoms with Crippen LogP contribution in [0.3, 0.4) is 0 Å². The molecule has 1 atom stereocenters. The lowest BCUT2D eigenvalue weighted by molar-refractivity contribution is -0.141. The molecule has 3 nitrogen and oxygen atoms in total. The highest BCUT2D eigenvalue weighted by molar-refractivity contribution is 6.42. The lowest BCUT2D eigenvalue weighted by Crippen LogP contribution is -2.48.